The topological polar surface area (TPSA) is 64.9 Å². The predicted molar refractivity (Wildman–Crippen MR) is 88.1 cm³/mol. The maximum Gasteiger partial charge on any atom is 0.209 e. The second kappa shape index (κ2) is 9.42. The van der Waals surface area contributed by atoms with Crippen molar-refractivity contribution in [2.24, 2.45) is 7.05 Å². The van der Waals surface area contributed by atoms with Crippen molar-refractivity contribution in [3.8, 4) is 5.75 Å². The van der Waals surface area contributed by atoms with Gasteiger partial charge in [-0.05, 0) is 47.5 Å². The molecule has 22 heavy (non-hydrogen) atoms. The van der Waals surface area contributed by atoms with E-state index in [1.807, 2.05) is 19.2 Å². The van der Waals surface area contributed by atoms with Crippen molar-refractivity contribution in [3.63, 3.8) is 0 Å². The monoisotopic (exact) mass is 321 g/mol. The third-order valence-corrected chi connectivity index (χ3v) is 4.11. The largest absolute Gasteiger partial charge is 0.494 e. The van der Waals surface area contributed by atoms with Gasteiger partial charge in [0.2, 0.25) is 5.16 Å². The van der Waals surface area contributed by atoms with E-state index in [1.165, 1.54) is 5.56 Å². The maximum absolute atomic E-state index is 5.64. The molecule has 0 radical (unpaired) electrons. The van der Waals surface area contributed by atoms with Gasteiger partial charge in [-0.15, -0.1) is 5.10 Å². The number of nitrogens with one attached hydrogen (secondary N) is 1. The molecule has 1 aromatic heterocycles. The van der Waals surface area contributed by atoms with Crippen molar-refractivity contribution >= 4 is 11.8 Å². The summed E-state index contributed by atoms with van der Waals surface area (Å²) >= 11 is 1.68. The Balaban J connectivity index is 1.61. The molecule has 2 aromatic rings. The molecular weight excluding hydrogens is 298 g/mol. The summed E-state index contributed by atoms with van der Waals surface area (Å²) in [7, 11) is 1.86. The number of aryl methyl sites for hydroxylation is 1. The second-order valence-corrected chi connectivity index (χ2v) is 6.02. The highest BCUT2D eigenvalue weighted by atomic mass is 32.2. The Hall–Kier alpha value is -1.60. The van der Waals surface area contributed by atoms with Crippen LogP contribution in [0.3, 0.4) is 0 Å². The molecule has 7 heteroatoms. The summed E-state index contributed by atoms with van der Waals surface area (Å²) in [5.41, 5.74) is 1.25. The molecule has 1 heterocycles. The number of rotatable bonds is 10. The normalized spacial score (nSPS) is 10.8. The van der Waals surface area contributed by atoms with Crippen LogP contribution in [0.1, 0.15) is 25.3 Å². The molecule has 0 atom stereocenters. The van der Waals surface area contributed by atoms with Gasteiger partial charge in [0.05, 0.1) is 6.61 Å². The molecule has 0 amide bonds. The van der Waals surface area contributed by atoms with Crippen LogP contribution in [0.2, 0.25) is 0 Å². The van der Waals surface area contributed by atoms with E-state index in [2.05, 4.69) is 39.9 Å². The van der Waals surface area contributed by atoms with Crippen LogP contribution < -0.4 is 10.1 Å². The molecule has 6 nitrogen and oxygen atoms in total. The molecule has 0 aliphatic heterocycles. The summed E-state index contributed by atoms with van der Waals surface area (Å²) in [6, 6.07) is 8.26. The van der Waals surface area contributed by atoms with Crippen LogP contribution in [0.4, 0.5) is 0 Å². The van der Waals surface area contributed by atoms with Crippen molar-refractivity contribution in [2.45, 2.75) is 31.5 Å². The fraction of sp³-hybridized carbons (Fsp3) is 0.533. The van der Waals surface area contributed by atoms with Gasteiger partial charge < -0.3 is 10.1 Å². The van der Waals surface area contributed by atoms with E-state index in [-0.39, 0.29) is 0 Å². The summed E-state index contributed by atoms with van der Waals surface area (Å²) in [5.74, 6) is 1.95. The molecule has 0 unspecified atom stereocenters. The number of ether oxygens (including phenoxy) is 1. The number of benzene rings is 1. The van der Waals surface area contributed by atoms with Crippen molar-refractivity contribution < 1.29 is 4.74 Å². The van der Waals surface area contributed by atoms with Crippen LogP contribution in [0, 0.1) is 0 Å². The zero-order chi connectivity index (χ0) is 15.6. The van der Waals surface area contributed by atoms with Gasteiger partial charge in [-0.25, -0.2) is 4.68 Å². The van der Waals surface area contributed by atoms with E-state index >= 15 is 0 Å². The van der Waals surface area contributed by atoms with Gasteiger partial charge in [-0.3, -0.25) is 0 Å². The zero-order valence-electron chi connectivity index (χ0n) is 13.2. The minimum atomic E-state index is 0.769. The number of hydrogen-bond donors (Lipinski definition) is 1. The molecule has 0 saturated carbocycles. The Morgan fingerprint density at radius 2 is 2.27 bits per heavy atom. The Kier molecular flexibility index (Phi) is 7.18. The minimum absolute atomic E-state index is 0.769. The van der Waals surface area contributed by atoms with E-state index in [1.54, 1.807) is 16.4 Å². The third kappa shape index (κ3) is 5.65. The Morgan fingerprint density at radius 1 is 1.36 bits per heavy atom. The molecule has 1 aromatic carbocycles. The van der Waals surface area contributed by atoms with Crippen LogP contribution in [0.25, 0.3) is 0 Å². The fourth-order valence-corrected chi connectivity index (χ4v) is 2.69. The number of hydrogen-bond acceptors (Lipinski definition) is 6. The van der Waals surface area contributed by atoms with Crippen molar-refractivity contribution in [1.82, 2.24) is 25.5 Å². The Labute approximate surface area is 135 Å². The number of nitrogens with zero attached hydrogens (tertiary/aromatic N) is 4. The molecule has 0 saturated heterocycles. The highest BCUT2D eigenvalue weighted by molar-refractivity contribution is 7.99. The van der Waals surface area contributed by atoms with Crippen molar-refractivity contribution in [2.75, 3.05) is 18.9 Å². The quantitative estimate of drug-likeness (QED) is 0.535. The molecule has 0 fully saturated rings. The highest BCUT2D eigenvalue weighted by Gasteiger charge is 2.02. The molecule has 0 aliphatic rings. The Bertz CT molecular complexity index is 560. The van der Waals surface area contributed by atoms with Gasteiger partial charge in [0.25, 0.3) is 0 Å². The lowest BCUT2D eigenvalue weighted by Gasteiger charge is -2.08. The van der Waals surface area contributed by atoms with E-state index in [9.17, 15) is 0 Å². The van der Waals surface area contributed by atoms with Crippen LogP contribution in [0.15, 0.2) is 29.4 Å². The number of thioether (sulfide) groups is 1. The van der Waals surface area contributed by atoms with E-state index < -0.39 is 0 Å². The van der Waals surface area contributed by atoms with Gasteiger partial charge in [-0.1, -0.05) is 30.8 Å². The summed E-state index contributed by atoms with van der Waals surface area (Å²) in [4.78, 5) is 0. The average Bonchev–Trinajstić information content (AvgIpc) is 2.94. The number of tetrazole rings is 1. The van der Waals surface area contributed by atoms with Gasteiger partial charge in [0.15, 0.2) is 0 Å². The summed E-state index contributed by atoms with van der Waals surface area (Å²) in [6.45, 7) is 4.71. The lowest BCUT2D eigenvalue weighted by molar-refractivity contribution is 0.317. The second-order valence-electron chi connectivity index (χ2n) is 4.96. The third-order valence-electron chi connectivity index (χ3n) is 3.01. The first-order valence-electron chi connectivity index (χ1n) is 7.57. The van der Waals surface area contributed by atoms with Crippen LogP contribution in [0.5, 0.6) is 5.75 Å². The summed E-state index contributed by atoms with van der Waals surface area (Å²) < 4.78 is 7.34. The molecule has 1 N–H and O–H groups in total. The smallest absolute Gasteiger partial charge is 0.209 e. The van der Waals surface area contributed by atoms with E-state index in [4.69, 9.17) is 4.74 Å². The van der Waals surface area contributed by atoms with Crippen molar-refractivity contribution in [3.05, 3.63) is 29.8 Å². The zero-order valence-corrected chi connectivity index (χ0v) is 14.0. The first-order valence-corrected chi connectivity index (χ1v) is 8.55. The Morgan fingerprint density at radius 3 is 3.05 bits per heavy atom. The van der Waals surface area contributed by atoms with Crippen molar-refractivity contribution in [1.29, 1.82) is 0 Å². The van der Waals surface area contributed by atoms with Gasteiger partial charge in [0.1, 0.15) is 5.75 Å². The van der Waals surface area contributed by atoms with Crippen LogP contribution in [-0.2, 0) is 13.6 Å². The van der Waals surface area contributed by atoms with Crippen LogP contribution in [-0.4, -0.2) is 39.1 Å². The lowest BCUT2D eigenvalue weighted by atomic mass is 10.2. The minimum Gasteiger partial charge on any atom is -0.494 e. The first kappa shape index (κ1) is 16.8. The average molecular weight is 321 g/mol. The summed E-state index contributed by atoms with van der Waals surface area (Å²) in [5, 5.41) is 15.7. The molecule has 0 bridgehead atoms. The van der Waals surface area contributed by atoms with Gasteiger partial charge >= 0.3 is 0 Å². The molecule has 0 aliphatic carbocycles. The standard InChI is InChI=1S/C15H23N5OS/c1-3-9-21-14-7-4-6-13(11-14)12-16-8-5-10-22-15-17-18-19-20(15)2/h4,6-7,11,16H,3,5,8-10,12H2,1-2H3. The SMILES string of the molecule is CCCOc1cccc(CNCCCSc2nnnn2C)c1. The predicted octanol–water partition coefficient (Wildman–Crippen LogP) is 2.27. The molecular formula is C15H23N5OS. The maximum atomic E-state index is 5.64. The first-order chi connectivity index (χ1) is 10.8. The molecule has 2 rings (SSSR count). The van der Waals surface area contributed by atoms with E-state index in [0.29, 0.717) is 0 Å². The molecule has 120 valence electrons. The van der Waals surface area contributed by atoms with Crippen LogP contribution >= 0.6 is 11.8 Å². The molecule has 0 spiro atoms. The van der Waals surface area contributed by atoms with Gasteiger partial charge in [0, 0.05) is 19.3 Å². The van der Waals surface area contributed by atoms with E-state index in [0.717, 1.165) is 49.2 Å². The lowest BCUT2D eigenvalue weighted by Crippen LogP contribution is -2.15. The highest BCUT2D eigenvalue weighted by Crippen LogP contribution is 2.14. The fourth-order valence-electron chi connectivity index (χ4n) is 1.90. The number of aromatic nitrogens is 4. The summed E-state index contributed by atoms with van der Waals surface area (Å²) in [6.07, 6.45) is 2.10. The van der Waals surface area contributed by atoms with Gasteiger partial charge in [-0.2, -0.15) is 0 Å².